The van der Waals surface area contributed by atoms with Crippen LogP contribution in [0.2, 0.25) is 0 Å². The standard InChI is InChI=1S/C10H22N2O/c1-4-9(2)11-10(8-13)5-6-12(3)7-10/h9,11,13H,4-8H2,1-3H3. The summed E-state index contributed by atoms with van der Waals surface area (Å²) in [5.74, 6) is 0. The molecule has 0 aromatic carbocycles. The fourth-order valence-electron chi connectivity index (χ4n) is 2.00. The lowest BCUT2D eigenvalue weighted by Gasteiger charge is -2.31. The van der Waals surface area contributed by atoms with Crippen LogP contribution < -0.4 is 5.32 Å². The lowest BCUT2D eigenvalue weighted by molar-refractivity contribution is 0.153. The third kappa shape index (κ3) is 2.66. The second-order valence-electron chi connectivity index (χ2n) is 4.38. The van der Waals surface area contributed by atoms with Crippen molar-refractivity contribution in [2.24, 2.45) is 0 Å². The van der Waals surface area contributed by atoms with E-state index in [0.29, 0.717) is 6.04 Å². The summed E-state index contributed by atoms with van der Waals surface area (Å²) in [4.78, 5) is 2.27. The number of hydrogen-bond acceptors (Lipinski definition) is 3. The van der Waals surface area contributed by atoms with Crippen LogP contribution >= 0.6 is 0 Å². The highest BCUT2D eigenvalue weighted by molar-refractivity contribution is 4.97. The Labute approximate surface area is 81.1 Å². The molecule has 0 amide bonds. The van der Waals surface area contributed by atoms with Crippen LogP contribution in [0.3, 0.4) is 0 Å². The Morgan fingerprint density at radius 2 is 2.31 bits per heavy atom. The molecule has 1 aliphatic rings. The van der Waals surface area contributed by atoms with E-state index < -0.39 is 0 Å². The quantitative estimate of drug-likeness (QED) is 0.669. The molecule has 0 saturated carbocycles. The van der Waals surface area contributed by atoms with Crippen LogP contribution in [-0.4, -0.2) is 48.3 Å². The zero-order valence-corrected chi connectivity index (χ0v) is 9.01. The number of hydrogen-bond donors (Lipinski definition) is 2. The van der Waals surface area contributed by atoms with Crippen LogP contribution in [0.15, 0.2) is 0 Å². The summed E-state index contributed by atoms with van der Waals surface area (Å²) >= 11 is 0. The highest BCUT2D eigenvalue weighted by atomic mass is 16.3. The first-order valence-electron chi connectivity index (χ1n) is 5.19. The number of aliphatic hydroxyl groups excluding tert-OH is 1. The molecular formula is C10H22N2O. The van der Waals surface area contributed by atoms with E-state index in [0.717, 1.165) is 25.9 Å². The molecule has 3 nitrogen and oxygen atoms in total. The van der Waals surface area contributed by atoms with E-state index >= 15 is 0 Å². The third-order valence-corrected chi connectivity index (χ3v) is 3.01. The topological polar surface area (TPSA) is 35.5 Å². The Kier molecular flexibility index (Phi) is 3.71. The van der Waals surface area contributed by atoms with Crippen molar-refractivity contribution in [1.29, 1.82) is 0 Å². The van der Waals surface area contributed by atoms with E-state index in [1.54, 1.807) is 0 Å². The Morgan fingerprint density at radius 1 is 1.62 bits per heavy atom. The molecule has 13 heavy (non-hydrogen) atoms. The predicted molar refractivity (Wildman–Crippen MR) is 54.8 cm³/mol. The van der Waals surface area contributed by atoms with E-state index in [9.17, 15) is 5.11 Å². The highest BCUT2D eigenvalue weighted by Gasteiger charge is 2.36. The first-order valence-corrected chi connectivity index (χ1v) is 5.19. The van der Waals surface area contributed by atoms with Crippen molar-refractivity contribution >= 4 is 0 Å². The number of nitrogens with zero attached hydrogens (tertiary/aromatic N) is 1. The van der Waals surface area contributed by atoms with Crippen LogP contribution in [0, 0.1) is 0 Å². The Balaban J connectivity index is 2.50. The molecule has 1 heterocycles. The van der Waals surface area contributed by atoms with E-state index in [-0.39, 0.29) is 12.1 Å². The SMILES string of the molecule is CCC(C)NC1(CO)CCN(C)C1. The summed E-state index contributed by atoms with van der Waals surface area (Å²) in [6.07, 6.45) is 2.18. The van der Waals surface area contributed by atoms with Gasteiger partial charge < -0.3 is 15.3 Å². The number of likely N-dealkylation sites (tertiary alicyclic amines) is 1. The summed E-state index contributed by atoms with van der Waals surface area (Å²) in [7, 11) is 2.11. The molecule has 0 aliphatic carbocycles. The van der Waals surface area contributed by atoms with Gasteiger partial charge in [-0.15, -0.1) is 0 Å². The molecule has 0 aromatic rings. The second kappa shape index (κ2) is 4.40. The van der Waals surface area contributed by atoms with Gasteiger partial charge in [0.15, 0.2) is 0 Å². The molecule has 1 aliphatic heterocycles. The average molecular weight is 186 g/mol. The molecular weight excluding hydrogens is 164 g/mol. The van der Waals surface area contributed by atoms with Gasteiger partial charge in [0.05, 0.1) is 12.1 Å². The lowest BCUT2D eigenvalue weighted by Crippen LogP contribution is -2.53. The summed E-state index contributed by atoms with van der Waals surface area (Å²) in [6, 6.07) is 0.499. The number of rotatable bonds is 4. The summed E-state index contributed by atoms with van der Waals surface area (Å²) < 4.78 is 0. The monoisotopic (exact) mass is 186 g/mol. The first-order chi connectivity index (χ1) is 6.12. The number of likely N-dealkylation sites (N-methyl/N-ethyl adjacent to an activating group) is 1. The number of nitrogens with one attached hydrogen (secondary N) is 1. The second-order valence-corrected chi connectivity index (χ2v) is 4.38. The molecule has 1 rings (SSSR count). The molecule has 0 aromatic heterocycles. The zero-order valence-electron chi connectivity index (χ0n) is 9.01. The fraction of sp³-hybridized carbons (Fsp3) is 1.00. The smallest absolute Gasteiger partial charge is 0.0626 e. The van der Waals surface area contributed by atoms with Crippen molar-refractivity contribution < 1.29 is 5.11 Å². The van der Waals surface area contributed by atoms with Crippen molar-refractivity contribution in [1.82, 2.24) is 10.2 Å². The largest absolute Gasteiger partial charge is 0.394 e. The normalized spacial score (nSPS) is 32.3. The molecule has 0 radical (unpaired) electrons. The van der Waals surface area contributed by atoms with Crippen molar-refractivity contribution in [2.45, 2.75) is 38.3 Å². The van der Waals surface area contributed by atoms with Crippen molar-refractivity contribution in [3.05, 3.63) is 0 Å². The molecule has 2 unspecified atom stereocenters. The molecule has 2 atom stereocenters. The highest BCUT2D eigenvalue weighted by Crippen LogP contribution is 2.20. The molecule has 3 heteroatoms. The summed E-state index contributed by atoms with van der Waals surface area (Å²) in [6.45, 7) is 6.65. The van der Waals surface area contributed by atoms with Gasteiger partial charge in [0.1, 0.15) is 0 Å². The lowest BCUT2D eigenvalue weighted by atomic mass is 9.98. The first kappa shape index (κ1) is 11.0. The Hall–Kier alpha value is -0.120. The van der Waals surface area contributed by atoms with Crippen LogP contribution in [0.4, 0.5) is 0 Å². The Bertz CT molecular complexity index is 163. The minimum Gasteiger partial charge on any atom is -0.394 e. The van der Waals surface area contributed by atoms with Gasteiger partial charge in [-0.25, -0.2) is 0 Å². The van der Waals surface area contributed by atoms with Gasteiger partial charge in [0.2, 0.25) is 0 Å². The zero-order chi connectivity index (χ0) is 9.90. The Morgan fingerprint density at radius 3 is 2.69 bits per heavy atom. The van der Waals surface area contributed by atoms with Gasteiger partial charge >= 0.3 is 0 Å². The van der Waals surface area contributed by atoms with E-state index in [2.05, 4.69) is 31.1 Å². The van der Waals surface area contributed by atoms with Gasteiger partial charge in [-0.05, 0) is 33.4 Å². The van der Waals surface area contributed by atoms with Gasteiger partial charge in [-0.3, -0.25) is 0 Å². The van der Waals surface area contributed by atoms with Crippen LogP contribution in [0.5, 0.6) is 0 Å². The summed E-state index contributed by atoms with van der Waals surface area (Å²) in [5.41, 5.74) is -0.0375. The minimum atomic E-state index is -0.0375. The van der Waals surface area contributed by atoms with Crippen molar-refractivity contribution in [3.63, 3.8) is 0 Å². The maximum absolute atomic E-state index is 9.39. The minimum absolute atomic E-state index is 0.0375. The molecule has 0 spiro atoms. The molecule has 1 fully saturated rings. The molecule has 0 bridgehead atoms. The molecule has 1 saturated heterocycles. The maximum atomic E-state index is 9.39. The van der Waals surface area contributed by atoms with Gasteiger partial charge in [0, 0.05) is 12.6 Å². The van der Waals surface area contributed by atoms with E-state index in [1.165, 1.54) is 0 Å². The van der Waals surface area contributed by atoms with Gasteiger partial charge in [-0.2, -0.15) is 0 Å². The number of aliphatic hydroxyl groups is 1. The van der Waals surface area contributed by atoms with Crippen molar-refractivity contribution in [2.75, 3.05) is 26.7 Å². The fourth-order valence-corrected chi connectivity index (χ4v) is 2.00. The van der Waals surface area contributed by atoms with Crippen molar-refractivity contribution in [3.8, 4) is 0 Å². The van der Waals surface area contributed by atoms with Crippen LogP contribution in [-0.2, 0) is 0 Å². The predicted octanol–water partition coefficient (Wildman–Crippen LogP) is 0.441. The van der Waals surface area contributed by atoms with Crippen LogP contribution in [0.1, 0.15) is 26.7 Å². The maximum Gasteiger partial charge on any atom is 0.0626 e. The summed E-state index contributed by atoms with van der Waals surface area (Å²) in [5, 5.41) is 12.9. The van der Waals surface area contributed by atoms with Crippen LogP contribution in [0.25, 0.3) is 0 Å². The molecule has 2 N–H and O–H groups in total. The van der Waals surface area contributed by atoms with E-state index in [1.807, 2.05) is 0 Å². The third-order valence-electron chi connectivity index (χ3n) is 3.01. The van der Waals surface area contributed by atoms with Gasteiger partial charge in [-0.1, -0.05) is 6.92 Å². The molecule has 78 valence electrons. The average Bonchev–Trinajstić information content (AvgIpc) is 2.48. The van der Waals surface area contributed by atoms with Gasteiger partial charge in [0.25, 0.3) is 0 Å². The van der Waals surface area contributed by atoms with E-state index in [4.69, 9.17) is 0 Å².